The quantitative estimate of drug-likeness (QED) is 0.874. The number of hydrogen-bond acceptors (Lipinski definition) is 3. The van der Waals surface area contributed by atoms with E-state index in [4.69, 9.17) is 0 Å². The molecule has 1 rings (SSSR count). The first-order valence-corrected chi connectivity index (χ1v) is 7.49. The second-order valence-electron chi connectivity index (χ2n) is 5.40. The minimum atomic E-state index is -3.67. The molecule has 0 aliphatic carbocycles. The first-order chi connectivity index (χ1) is 8.62. The molecular formula is C13H20N2O3S. The maximum atomic E-state index is 12.0. The predicted molar refractivity (Wildman–Crippen MR) is 74.1 cm³/mol. The minimum absolute atomic E-state index is 0.144. The fourth-order valence-electron chi connectivity index (χ4n) is 1.43. The van der Waals surface area contributed by atoms with Crippen LogP contribution in [0.25, 0.3) is 0 Å². The fraction of sp³-hybridized carbons (Fsp3) is 0.462. The van der Waals surface area contributed by atoms with Gasteiger partial charge in [0.25, 0.3) is 0 Å². The summed E-state index contributed by atoms with van der Waals surface area (Å²) in [4.78, 5) is 12.0. The summed E-state index contributed by atoms with van der Waals surface area (Å²) in [6.07, 6.45) is 0. The highest BCUT2D eigenvalue weighted by atomic mass is 32.2. The molecule has 0 heterocycles. The molecule has 0 bridgehead atoms. The van der Waals surface area contributed by atoms with Gasteiger partial charge in [-0.15, -0.1) is 0 Å². The van der Waals surface area contributed by atoms with E-state index in [0.717, 1.165) is 0 Å². The van der Waals surface area contributed by atoms with Crippen LogP contribution >= 0.6 is 0 Å². The lowest BCUT2D eigenvalue weighted by Crippen LogP contribution is -2.50. The molecule has 1 aromatic carbocycles. The summed E-state index contributed by atoms with van der Waals surface area (Å²) in [6.45, 7) is 7.03. The van der Waals surface area contributed by atoms with E-state index >= 15 is 0 Å². The number of hydrogen-bond donors (Lipinski definition) is 2. The zero-order valence-electron chi connectivity index (χ0n) is 11.6. The van der Waals surface area contributed by atoms with E-state index in [1.807, 2.05) is 20.8 Å². The number of nitrogens with one attached hydrogen (secondary N) is 2. The van der Waals surface area contributed by atoms with E-state index < -0.39 is 21.6 Å². The monoisotopic (exact) mass is 284 g/mol. The van der Waals surface area contributed by atoms with Crippen LogP contribution in [0.5, 0.6) is 0 Å². The second-order valence-corrected chi connectivity index (χ2v) is 7.11. The molecule has 0 aliphatic heterocycles. The standard InChI is InChI=1S/C13H20N2O3S/c1-10(12(16)14-13(2,3)4)15-19(17,18)11-8-6-5-7-9-11/h5-10,15H,1-4H3,(H,14,16). The van der Waals surface area contributed by atoms with E-state index in [9.17, 15) is 13.2 Å². The molecule has 2 N–H and O–H groups in total. The largest absolute Gasteiger partial charge is 0.350 e. The van der Waals surface area contributed by atoms with Crippen LogP contribution in [0.2, 0.25) is 0 Å². The van der Waals surface area contributed by atoms with Gasteiger partial charge in [0.2, 0.25) is 15.9 Å². The van der Waals surface area contributed by atoms with Crippen molar-refractivity contribution in [1.82, 2.24) is 10.0 Å². The van der Waals surface area contributed by atoms with Gasteiger partial charge in [0, 0.05) is 5.54 Å². The van der Waals surface area contributed by atoms with Gasteiger partial charge in [0.15, 0.2) is 0 Å². The first-order valence-electron chi connectivity index (χ1n) is 6.01. The lowest BCUT2D eigenvalue weighted by molar-refractivity contribution is -0.123. The molecule has 0 aliphatic rings. The van der Waals surface area contributed by atoms with Crippen molar-refractivity contribution in [2.45, 2.75) is 44.2 Å². The number of carbonyl (C=O) groups excluding carboxylic acids is 1. The van der Waals surface area contributed by atoms with Crippen molar-refractivity contribution in [1.29, 1.82) is 0 Å². The molecule has 6 heteroatoms. The zero-order valence-corrected chi connectivity index (χ0v) is 12.4. The Kier molecular flexibility index (Phi) is 4.70. The van der Waals surface area contributed by atoms with Gasteiger partial charge in [0.05, 0.1) is 10.9 Å². The third-order valence-electron chi connectivity index (χ3n) is 2.28. The molecule has 0 saturated heterocycles. The van der Waals surface area contributed by atoms with Crippen molar-refractivity contribution in [3.8, 4) is 0 Å². The summed E-state index contributed by atoms with van der Waals surface area (Å²) in [5.41, 5.74) is -0.399. The lowest BCUT2D eigenvalue weighted by atomic mass is 10.1. The topological polar surface area (TPSA) is 75.3 Å². The number of sulfonamides is 1. The van der Waals surface area contributed by atoms with Crippen molar-refractivity contribution < 1.29 is 13.2 Å². The Morgan fingerprint density at radius 2 is 1.68 bits per heavy atom. The Morgan fingerprint density at radius 3 is 2.16 bits per heavy atom. The van der Waals surface area contributed by atoms with Gasteiger partial charge < -0.3 is 5.32 Å². The minimum Gasteiger partial charge on any atom is -0.350 e. The Hall–Kier alpha value is -1.40. The van der Waals surface area contributed by atoms with Crippen molar-refractivity contribution >= 4 is 15.9 Å². The smallest absolute Gasteiger partial charge is 0.241 e. The summed E-state index contributed by atoms with van der Waals surface area (Å²) in [7, 11) is -3.67. The average Bonchev–Trinajstić information content (AvgIpc) is 2.27. The van der Waals surface area contributed by atoms with Crippen LogP contribution in [-0.2, 0) is 14.8 Å². The molecule has 0 saturated carbocycles. The molecule has 106 valence electrons. The Balaban J connectivity index is 2.77. The van der Waals surface area contributed by atoms with Crippen LogP contribution in [0, 0.1) is 0 Å². The molecular weight excluding hydrogens is 264 g/mol. The average molecular weight is 284 g/mol. The molecule has 1 unspecified atom stereocenters. The van der Waals surface area contributed by atoms with E-state index in [1.165, 1.54) is 19.1 Å². The molecule has 0 spiro atoms. The van der Waals surface area contributed by atoms with Crippen molar-refractivity contribution in [3.63, 3.8) is 0 Å². The van der Waals surface area contributed by atoms with Crippen molar-refractivity contribution in [3.05, 3.63) is 30.3 Å². The molecule has 5 nitrogen and oxygen atoms in total. The van der Waals surface area contributed by atoms with Gasteiger partial charge in [-0.3, -0.25) is 4.79 Å². The number of amides is 1. The molecule has 1 aromatic rings. The fourth-order valence-corrected chi connectivity index (χ4v) is 2.66. The molecule has 0 fully saturated rings. The van der Waals surface area contributed by atoms with E-state index in [-0.39, 0.29) is 10.8 Å². The Bertz CT molecular complexity index is 533. The van der Waals surface area contributed by atoms with E-state index in [1.54, 1.807) is 18.2 Å². The van der Waals surface area contributed by atoms with Crippen molar-refractivity contribution in [2.75, 3.05) is 0 Å². The van der Waals surface area contributed by atoms with Gasteiger partial charge in [-0.1, -0.05) is 18.2 Å². The summed E-state index contributed by atoms with van der Waals surface area (Å²) in [6, 6.07) is 7.13. The van der Waals surface area contributed by atoms with Crippen LogP contribution in [0.3, 0.4) is 0 Å². The highest BCUT2D eigenvalue weighted by Gasteiger charge is 2.24. The molecule has 0 radical (unpaired) electrons. The Labute approximate surface area is 114 Å². The maximum Gasteiger partial charge on any atom is 0.241 e. The van der Waals surface area contributed by atoms with Gasteiger partial charge in [-0.2, -0.15) is 4.72 Å². The van der Waals surface area contributed by atoms with Gasteiger partial charge in [0.1, 0.15) is 0 Å². The Morgan fingerprint density at radius 1 is 1.16 bits per heavy atom. The SMILES string of the molecule is CC(NS(=O)(=O)c1ccccc1)C(=O)NC(C)(C)C. The molecule has 19 heavy (non-hydrogen) atoms. The maximum absolute atomic E-state index is 12.0. The summed E-state index contributed by atoms with van der Waals surface area (Å²) < 4.78 is 26.4. The van der Waals surface area contributed by atoms with Crippen LogP contribution in [-0.4, -0.2) is 25.9 Å². The highest BCUT2D eigenvalue weighted by molar-refractivity contribution is 7.89. The van der Waals surface area contributed by atoms with Gasteiger partial charge in [-0.25, -0.2) is 8.42 Å². The van der Waals surface area contributed by atoms with Gasteiger partial charge >= 0.3 is 0 Å². The third kappa shape index (κ3) is 5.00. The van der Waals surface area contributed by atoms with Crippen LogP contribution in [0.1, 0.15) is 27.7 Å². The summed E-state index contributed by atoms with van der Waals surface area (Å²) in [5.74, 6) is -0.355. The summed E-state index contributed by atoms with van der Waals surface area (Å²) >= 11 is 0. The van der Waals surface area contributed by atoms with E-state index in [2.05, 4.69) is 10.0 Å². The molecule has 1 amide bonds. The first kappa shape index (κ1) is 15.7. The molecule has 0 aromatic heterocycles. The normalized spacial score (nSPS) is 13.9. The number of rotatable bonds is 4. The third-order valence-corrected chi connectivity index (χ3v) is 3.83. The van der Waals surface area contributed by atoms with Crippen LogP contribution < -0.4 is 10.0 Å². The number of benzene rings is 1. The summed E-state index contributed by atoms with van der Waals surface area (Å²) in [5, 5.41) is 2.73. The lowest BCUT2D eigenvalue weighted by Gasteiger charge is -2.23. The number of carbonyl (C=O) groups is 1. The highest BCUT2D eigenvalue weighted by Crippen LogP contribution is 2.08. The van der Waals surface area contributed by atoms with Crippen LogP contribution in [0.15, 0.2) is 35.2 Å². The van der Waals surface area contributed by atoms with E-state index in [0.29, 0.717) is 0 Å². The van der Waals surface area contributed by atoms with Crippen LogP contribution in [0.4, 0.5) is 0 Å². The molecule has 1 atom stereocenters. The zero-order chi connectivity index (χ0) is 14.7. The second kappa shape index (κ2) is 5.71. The van der Waals surface area contributed by atoms with Gasteiger partial charge in [-0.05, 0) is 39.8 Å². The predicted octanol–water partition coefficient (Wildman–Crippen LogP) is 1.27. The van der Waals surface area contributed by atoms with Crippen molar-refractivity contribution in [2.24, 2.45) is 0 Å².